The lowest BCUT2D eigenvalue weighted by atomic mass is 9.93. The van der Waals surface area contributed by atoms with Crippen molar-refractivity contribution >= 4 is 33.7 Å². The van der Waals surface area contributed by atoms with E-state index in [0.29, 0.717) is 5.56 Å². The van der Waals surface area contributed by atoms with Crippen LogP contribution in [0.4, 0.5) is 30.7 Å². The monoisotopic (exact) mass is 581 g/mol. The highest BCUT2D eigenvalue weighted by molar-refractivity contribution is 9.10. The first-order chi connectivity index (χ1) is 16.5. The first kappa shape index (κ1) is 29.5. The highest BCUT2D eigenvalue weighted by Gasteiger charge is 2.39. The van der Waals surface area contributed by atoms with E-state index in [1.807, 2.05) is 0 Å². The Labute approximate surface area is 211 Å². The van der Waals surface area contributed by atoms with Gasteiger partial charge in [-0.15, -0.1) is 0 Å². The molecule has 11 heteroatoms. The molecule has 2 rings (SSSR count). The van der Waals surface area contributed by atoms with Crippen LogP contribution in [0.3, 0.4) is 0 Å². The zero-order valence-corrected chi connectivity index (χ0v) is 21.0. The van der Waals surface area contributed by atoms with Gasteiger partial charge in [0.05, 0.1) is 5.92 Å². The number of amides is 1. The van der Waals surface area contributed by atoms with Gasteiger partial charge in [-0.05, 0) is 48.2 Å². The summed E-state index contributed by atoms with van der Waals surface area (Å²) in [6.45, 7) is 2.57. The summed E-state index contributed by atoms with van der Waals surface area (Å²) in [6, 6.07) is 6.45. The zero-order chi connectivity index (χ0) is 27.4. The molecule has 0 saturated carbocycles. The highest BCUT2D eigenvalue weighted by atomic mass is 79.9. The van der Waals surface area contributed by atoms with Crippen molar-refractivity contribution in [2.75, 3.05) is 6.54 Å². The van der Waals surface area contributed by atoms with Crippen molar-refractivity contribution in [3.63, 3.8) is 0 Å². The van der Waals surface area contributed by atoms with Crippen LogP contribution in [0.5, 0.6) is 0 Å². The van der Waals surface area contributed by atoms with E-state index < -0.39 is 48.2 Å². The fraction of sp³-hybridized carbons (Fsp3) is 0.360. The molecule has 0 heterocycles. The van der Waals surface area contributed by atoms with Gasteiger partial charge in [0.15, 0.2) is 5.78 Å². The van der Waals surface area contributed by atoms with Crippen molar-refractivity contribution in [3.8, 4) is 0 Å². The summed E-state index contributed by atoms with van der Waals surface area (Å²) in [6.07, 6.45) is -7.42. The second kappa shape index (κ2) is 11.6. The van der Waals surface area contributed by atoms with E-state index in [1.165, 1.54) is 45.0 Å². The Bertz CT molecular complexity index is 1130. The van der Waals surface area contributed by atoms with Crippen molar-refractivity contribution in [3.05, 3.63) is 74.5 Å². The summed E-state index contributed by atoms with van der Waals surface area (Å²) in [5.41, 5.74) is 0.539. The van der Waals surface area contributed by atoms with Crippen LogP contribution in [0.25, 0.3) is 6.08 Å². The lowest BCUT2D eigenvalue weighted by Gasteiger charge is -2.19. The van der Waals surface area contributed by atoms with Crippen LogP contribution in [0.1, 0.15) is 51.9 Å². The molecular formula is C25H23BrF7NO2. The van der Waals surface area contributed by atoms with Gasteiger partial charge in [0, 0.05) is 22.4 Å². The van der Waals surface area contributed by atoms with Gasteiger partial charge in [-0.3, -0.25) is 9.59 Å². The second-order valence-corrected chi connectivity index (χ2v) is 9.30. The Balaban J connectivity index is 2.19. The van der Waals surface area contributed by atoms with Gasteiger partial charge in [-0.2, -0.15) is 26.3 Å². The van der Waals surface area contributed by atoms with E-state index in [4.69, 9.17) is 0 Å². The molecule has 0 radical (unpaired) electrons. The average Bonchev–Trinajstić information content (AvgIpc) is 2.74. The molecule has 0 aromatic heterocycles. The summed E-state index contributed by atoms with van der Waals surface area (Å²) < 4.78 is 92.1. The van der Waals surface area contributed by atoms with Gasteiger partial charge < -0.3 is 5.32 Å². The summed E-state index contributed by atoms with van der Waals surface area (Å²) in [5.74, 6) is -5.05. The van der Waals surface area contributed by atoms with Gasteiger partial charge in [0.1, 0.15) is 12.4 Å². The Kier molecular flexibility index (Phi) is 9.50. The molecule has 1 N–H and O–H groups in total. The first-order valence-electron chi connectivity index (χ1n) is 10.7. The van der Waals surface area contributed by atoms with Gasteiger partial charge in [0.2, 0.25) is 5.91 Å². The molecule has 0 saturated heterocycles. The molecule has 1 amide bonds. The van der Waals surface area contributed by atoms with E-state index >= 15 is 0 Å². The Morgan fingerprint density at radius 2 is 1.61 bits per heavy atom. The first-order valence-corrected chi connectivity index (χ1v) is 11.5. The predicted octanol–water partition coefficient (Wildman–Crippen LogP) is 7.45. The lowest BCUT2D eigenvalue weighted by Crippen LogP contribution is -2.37. The molecule has 0 fully saturated rings. The van der Waals surface area contributed by atoms with Crippen molar-refractivity contribution in [1.29, 1.82) is 0 Å². The number of halogens is 8. The zero-order valence-electron chi connectivity index (χ0n) is 19.5. The fourth-order valence-electron chi connectivity index (χ4n) is 3.48. The number of aryl methyl sites for hydroxylation is 2. The third-order valence-electron chi connectivity index (χ3n) is 5.35. The van der Waals surface area contributed by atoms with E-state index in [0.717, 1.165) is 18.2 Å². The maximum atomic E-state index is 13.9. The Hall–Kier alpha value is -2.69. The number of alkyl halides is 6. The van der Waals surface area contributed by atoms with Crippen LogP contribution in [-0.4, -0.2) is 30.6 Å². The third-order valence-corrected chi connectivity index (χ3v) is 6.00. The van der Waals surface area contributed by atoms with Crippen molar-refractivity contribution in [2.45, 2.75) is 45.5 Å². The number of hydrogen-bond donors (Lipinski definition) is 1. The van der Waals surface area contributed by atoms with E-state index in [9.17, 15) is 40.3 Å². The number of ketones is 1. The molecule has 2 atom stereocenters. The highest BCUT2D eigenvalue weighted by Crippen LogP contribution is 2.38. The summed E-state index contributed by atoms with van der Waals surface area (Å²) >= 11 is 3.18. The predicted molar refractivity (Wildman–Crippen MR) is 125 cm³/mol. The number of benzene rings is 2. The maximum Gasteiger partial charge on any atom is 0.405 e. The smallest absolute Gasteiger partial charge is 0.347 e. The van der Waals surface area contributed by atoms with Crippen LogP contribution in [0.2, 0.25) is 0 Å². The normalized spacial score (nSPS) is 14.1. The SMILES string of the molecule is Cc1cc(C(/C=C/c2ccc(C(=O)C[C@H](C)C(=O)NCC(F)(F)F)c(Br)c2)C(F)(F)F)cc(C)c1F. The largest absolute Gasteiger partial charge is 0.405 e. The molecule has 36 heavy (non-hydrogen) atoms. The summed E-state index contributed by atoms with van der Waals surface area (Å²) in [5, 5.41) is 1.72. The summed E-state index contributed by atoms with van der Waals surface area (Å²) in [7, 11) is 0. The van der Waals surface area contributed by atoms with Crippen molar-refractivity contribution < 1.29 is 40.3 Å². The molecule has 0 aliphatic rings. The molecule has 1 unspecified atom stereocenters. The minimum atomic E-state index is -4.64. The van der Waals surface area contributed by atoms with Gasteiger partial charge in [-0.1, -0.05) is 53.2 Å². The van der Waals surface area contributed by atoms with E-state index in [-0.39, 0.29) is 33.1 Å². The summed E-state index contributed by atoms with van der Waals surface area (Å²) in [4.78, 5) is 24.3. The van der Waals surface area contributed by atoms with E-state index in [1.54, 1.807) is 5.32 Å². The van der Waals surface area contributed by atoms with Gasteiger partial charge in [0.25, 0.3) is 0 Å². The molecule has 2 aromatic rings. The average molecular weight is 582 g/mol. The Morgan fingerprint density at radius 1 is 1.03 bits per heavy atom. The van der Waals surface area contributed by atoms with Crippen molar-refractivity contribution in [1.82, 2.24) is 5.32 Å². The number of carbonyl (C=O) groups excluding carboxylic acids is 2. The minimum Gasteiger partial charge on any atom is -0.347 e. The standard InChI is InChI=1S/C25H23BrF7NO2/c1-13-8-17(9-14(2)22(13)27)19(25(31,32)33)7-5-16-4-6-18(20(26)11-16)21(35)10-15(3)23(36)34-12-24(28,29)30/h4-9,11,15,19H,10,12H2,1-3H3,(H,34,36)/b7-5+/t15-,19?/m0/s1. The van der Waals surface area contributed by atoms with Crippen LogP contribution < -0.4 is 5.32 Å². The Morgan fingerprint density at radius 3 is 2.11 bits per heavy atom. The number of rotatable bonds is 8. The van der Waals surface area contributed by atoms with Crippen LogP contribution in [-0.2, 0) is 4.79 Å². The molecule has 3 nitrogen and oxygen atoms in total. The molecule has 0 spiro atoms. The quantitative estimate of drug-likeness (QED) is 0.260. The van der Waals surface area contributed by atoms with Crippen LogP contribution in [0.15, 0.2) is 40.9 Å². The van der Waals surface area contributed by atoms with Crippen LogP contribution in [0, 0.1) is 25.6 Å². The fourth-order valence-corrected chi connectivity index (χ4v) is 4.10. The number of nitrogens with one attached hydrogen (secondary N) is 1. The van der Waals surface area contributed by atoms with Gasteiger partial charge >= 0.3 is 12.4 Å². The topological polar surface area (TPSA) is 46.2 Å². The number of hydrogen-bond acceptors (Lipinski definition) is 2. The lowest BCUT2D eigenvalue weighted by molar-refractivity contribution is -0.140. The molecule has 2 aromatic carbocycles. The second-order valence-electron chi connectivity index (χ2n) is 8.45. The number of Topliss-reactive ketones (excluding diaryl/α,β-unsaturated/α-hetero) is 1. The molecule has 0 aliphatic heterocycles. The molecule has 0 bridgehead atoms. The van der Waals surface area contributed by atoms with Crippen LogP contribution >= 0.6 is 15.9 Å². The van der Waals surface area contributed by atoms with E-state index in [2.05, 4.69) is 15.9 Å². The molecule has 196 valence electrons. The third kappa shape index (κ3) is 8.18. The van der Waals surface area contributed by atoms with Gasteiger partial charge in [-0.25, -0.2) is 4.39 Å². The molecular weight excluding hydrogens is 559 g/mol. The number of allylic oxidation sites excluding steroid dienone is 1. The molecule has 0 aliphatic carbocycles. The minimum absolute atomic E-state index is 0.0968. The maximum absolute atomic E-state index is 13.9. The van der Waals surface area contributed by atoms with Crippen molar-refractivity contribution in [2.24, 2.45) is 5.92 Å². The number of carbonyl (C=O) groups is 2.